The zero-order valence-electron chi connectivity index (χ0n) is 7.14. The highest BCUT2D eigenvalue weighted by atomic mass is 14.0. The van der Waals surface area contributed by atoms with E-state index < -0.39 is 0 Å². The minimum atomic E-state index is 0.720. The molecule has 0 N–H and O–H groups in total. The van der Waals surface area contributed by atoms with Gasteiger partial charge in [-0.25, -0.2) is 0 Å². The predicted octanol–water partition coefficient (Wildman–Crippen LogP) is 3.55. The van der Waals surface area contributed by atoms with E-state index in [0.29, 0.717) is 0 Å². The zero-order chi connectivity index (χ0) is 7.82. The molecule has 0 saturated carbocycles. The second kappa shape index (κ2) is 6.60. The summed E-state index contributed by atoms with van der Waals surface area (Å²) in [5.74, 6) is 0.720. The first-order valence-corrected chi connectivity index (χ1v) is 4.12. The van der Waals surface area contributed by atoms with Gasteiger partial charge in [0.1, 0.15) is 0 Å². The minimum Gasteiger partial charge on any atom is -0.103 e. The van der Waals surface area contributed by atoms with Gasteiger partial charge in [0, 0.05) is 0 Å². The molecule has 0 heteroatoms. The molecule has 0 aromatic heterocycles. The molecule has 0 saturated heterocycles. The summed E-state index contributed by atoms with van der Waals surface area (Å²) in [4.78, 5) is 0. The molecule has 0 aliphatic rings. The van der Waals surface area contributed by atoms with Gasteiger partial charge in [0.15, 0.2) is 0 Å². The van der Waals surface area contributed by atoms with Crippen LogP contribution in [-0.4, -0.2) is 0 Å². The molecule has 0 amide bonds. The summed E-state index contributed by atoms with van der Waals surface area (Å²) in [7, 11) is 0. The van der Waals surface area contributed by atoms with E-state index in [0.717, 1.165) is 18.8 Å². The van der Waals surface area contributed by atoms with Gasteiger partial charge in [-0.3, -0.25) is 0 Å². The third-order valence-electron chi connectivity index (χ3n) is 1.64. The van der Waals surface area contributed by atoms with Crippen LogP contribution in [0.25, 0.3) is 0 Å². The van der Waals surface area contributed by atoms with Gasteiger partial charge in [-0.2, -0.15) is 0 Å². The van der Waals surface area contributed by atoms with Gasteiger partial charge in [0.25, 0.3) is 0 Å². The van der Waals surface area contributed by atoms with E-state index in [9.17, 15) is 0 Å². The Morgan fingerprint density at radius 1 is 1.40 bits per heavy atom. The summed E-state index contributed by atoms with van der Waals surface area (Å²) in [5, 5.41) is 0. The number of hydrogen-bond donors (Lipinski definition) is 0. The van der Waals surface area contributed by atoms with Gasteiger partial charge in [0.2, 0.25) is 0 Å². The van der Waals surface area contributed by atoms with E-state index >= 15 is 0 Å². The summed E-state index contributed by atoms with van der Waals surface area (Å²) >= 11 is 0. The highest BCUT2D eigenvalue weighted by Gasteiger charge is 1.95. The largest absolute Gasteiger partial charge is 0.103 e. The Morgan fingerprint density at radius 3 is 2.50 bits per heavy atom. The molecule has 1 atom stereocenters. The summed E-state index contributed by atoms with van der Waals surface area (Å²) in [6.45, 7) is 8.10. The SMILES string of the molecule is C=CCC(/C=C\CC)CC. The highest BCUT2D eigenvalue weighted by Crippen LogP contribution is 2.10. The van der Waals surface area contributed by atoms with Crippen LogP contribution in [0.1, 0.15) is 33.1 Å². The molecule has 0 aromatic rings. The fraction of sp³-hybridized carbons (Fsp3) is 0.600. The average Bonchev–Trinajstić information content (AvgIpc) is 1.98. The minimum absolute atomic E-state index is 0.720. The number of rotatable bonds is 5. The van der Waals surface area contributed by atoms with Crippen LogP contribution in [0.5, 0.6) is 0 Å². The van der Waals surface area contributed by atoms with Gasteiger partial charge in [-0.1, -0.05) is 32.1 Å². The van der Waals surface area contributed by atoms with Crippen molar-refractivity contribution in [3.63, 3.8) is 0 Å². The average molecular weight is 138 g/mol. The van der Waals surface area contributed by atoms with Gasteiger partial charge in [0.05, 0.1) is 0 Å². The molecule has 0 nitrogen and oxygen atoms in total. The number of hydrogen-bond acceptors (Lipinski definition) is 0. The molecule has 0 aliphatic heterocycles. The first-order chi connectivity index (χ1) is 4.85. The van der Waals surface area contributed by atoms with E-state index in [2.05, 4.69) is 32.6 Å². The van der Waals surface area contributed by atoms with E-state index in [1.165, 1.54) is 6.42 Å². The van der Waals surface area contributed by atoms with Crippen LogP contribution < -0.4 is 0 Å². The van der Waals surface area contributed by atoms with E-state index in [1.54, 1.807) is 0 Å². The molecule has 10 heavy (non-hydrogen) atoms. The third kappa shape index (κ3) is 4.37. The van der Waals surface area contributed by atoms with Crippen molar-refractivity contribution in [2.75, 3.05) is 0 Å². The number of allylic oxidation sites excluding steroid dienone is 3. The van der Waals surface area contributed by atoms with Gasteiger partial charge < -0.3 is 0 Å². The fourth-order valence-corrected chi connectivity index (χ4v) is 0.924. The zero-order valence-corrected chi connectivity index (χ0v) is 7.14. The van der Waals surface area contributed by atoms with Crippen molar-refractivity contribution in [3.05, 3.63) is 24.8 Å². The molecule has 0 heterocycles. The van der Waals surface area contributed by atoms with Crippen molar-refractivity contribution in [1.29, 1.82) is 0 Å². The predicted molar refractivity (Wildman–Crippen MR) is 48.0 cm³/mol. The molecule has 0 rings (SSSR count). The van der Waals surface area contributed by atoms with Crippen LogP contribution in [0.2, 0.25) is 0 Å². The van der Waals surface area contributed by atoms with Crippen LogP contribution in [0, 0.1) is 5.92 Å². The molecule has 0 radical (unpaired) electrons. The van der Waals surface area contributed by atoms with Crippen molar-refractivity contribution in [2.45, 2.75) is 33.1 Å². The van der Waals surface area contributed by atoms with Crippen LogP contribution in [0.3, 0.4) is 0 Å². The fourth-order valence-electron chi connectivity index (χ4n) is 0.924. The van der Waals surface area contributed by atoms with E-state index in [1.807, 2.05) is 6.08 Å². The second-order valence-electron chi connectivity index (χ2n) is 2.53. The normalized spacial score (nSPS) is 13.8. The molecule has 0 fully saturated rings. The maximum atomic E-state index is 3.72. The standard InChI is InChI=1S/C10H18/c1-4-7-9-10(6-3)8-5-2/h5,7,9-10H,2,4,6,8H2,1,3H3/b9-7-. The smallest absolute Gasteiger partial charge is 0.0202 e. The van der Waals surface area contributed by atoms with Crippen molar-refractivity contribution < 1.29 is 0 Å². The molecule has 0 spiro atoms. The Bertz CT molecular complexity index is 101. The third-order valence-corrected chi connectivity index (χ3v) is 1.64. The van der Waals surface area contributed by atoms with Crippen molar-refractivity contribution >= 4 is 0 Å². The van der Waals surface area contributed by atoms with Crippen LogP contribution in [-0.2, 0) is 0 Å². The first-order valence-electron chi connectivity index (χ1n) is 4.12. The van der Waals surface area contributed by atoms with Crippen LogP contribution in [0.4, 0.5) is 0 Å². The summed E-state index contributed by atoms with van der Waals surface area (Å²) < 4.78 is 0. The lowest BCUT2D eigenvalue weighted by Gasteiger charge is -2.04. The summed E-state index contributed by atoms with van der Waals surface area (Å²) in [6.07, 6.45) is 10.0. The summed E-state index contributed by atoms with van der Waals surface area (Å²) in [5.41, 5.74) is 0. The first kappa shape index (κ1) is 9.48. The Kier molecular flexibility index (Phi) is 6.25. The molecular weight excluding hydrogens is 120 g/mol. The lowest BCUT2D eigenvalue weighted by Crippen LogP contribution is -1.90. The topological polar surface area (TPSA) is 0 Å². The van der Waals surface area contributed by atoms with Gasteiger partial charge in [-0.15, -0.1) is 6.58 Å². The Hall–Kier alpha value is -0.520. The van der Waals surface area contributed by atoms with Crippen LogP contribution >= 0.6 is 0 Å². The summed E-state index contributed by atoms with van der Waals surface area (Å²) in [6, 6.07) is 0. The maximum Gasteiger partial charge on any atom is -0.0202 e. The molecule has 1 unspecified atom stereocenters. The highest BCUT2D eigenvalue weighted by molar-refractivity contribution is 4.90. The monoisotopic (exact) mass is 138 g/mol. The second-order valence-corrected chi connectivity index (χ2v) is 2.53. The Balaban J connectivity index is 3.58. The lowest BCUT2D eigenvalue weighted by atomic mass is 10.0. The Morgan fingerprint density at radius 2 is 2.10 bits per heavy atom. The van der Waals surface area contributed by atoms with Crippen LogP contribution in [0.15, 0.2) is 24.8 Å². The van der Waals surface area contributed by atoms with Gasteiger partial charge in [-0.05, 0) is 25.2 Å². The van der Waals surface area contributed by atoms with E-state index in [-0.39, 0.29) is 0 Å². The van der Waals surface area contributed by atoms with Crippen molar-refractivity contribution in [2.24, 2.45) is 5.92 Å². The molecule has 0 aromatic carbocycles. The molecule has 0 bridgehead atoms. The van der Waals surface area contributed by atoms with Crippen molar-refractivity contribution in [1.82, 2.24) is 0 Å². The van der Waals surface area contributed by atoms with E-state index in [4.69, 9.17) is 0 Å². The van der Waals surface area contributed by atoms with Gasteiger partial charge >= 0.3 is 0 Å². The molecule has 0 aliphatic carbocycles. The Labute approximate surface area is 64.6 Å². The maximum absolute atomic E-state index is 3.72. The molecular formula is C10H18. The quantitative estimate of drug-likeness (QED) is 0.510. The van der Waals surface area contributed by atoms with Crippen molar-refractivity contribution in [3.8, 4) is 0 Å². The molecule has 58 valence electrons. The lowest BCUT2D eigenvalue weighted by molar-refractivity contribution is 0.637.